The molecule has 4 nitrogen and oxygen atoms in total. The van der Waals surface area contributed by atoms with Gasteiger partial charge in [0.25, 0.3) is 0 Å². The first-order chi connectivity index (χ1) is 20.2. The first kappa shape index (κ1) is 23.2. The van der Waals surface area contributed by atoms with Gasteiger partial charge in [-0.3, -0.25) is 4.98 Å². The van der Waals surface area contributed by atoms with E-state index in [0.717, 1.165) is 39.1 Å². The van der Waals surface area contributed by atoms with E-state index in [1.807, 2.05) is 18.2 Å². The number of fused-ring (bicyclic) bond motifs is 6. The fourth-order valence-corrected chi connectivity index (χ4v) is 6.36. The summed E-state index contributed by atoms with van der Waals surface area (Å²) in [5.74, 6) is 0. The molecule has 0 saturated carbocycles. The van der Waals surface area contributed by atoms with Crippen molar-refractivity contribution in [3.63, 3.8) is 0 Å². The van der Waals surface area contributed by atoms with Gasteiger partial charge in [0.05, 0.1) is 33.7 Å². The summed E-state index contributed by atoms with van der Waals surface area (Å²) in [5.41, 5.74) is 10.4. The molecule has 0 aliphatic heterocycles. The van der Waals surface area contributed by atoms with Crippen molar-refractivity contribution in [3.8, 4) is 28.6 Å². The predicted molar refractivity (Wildman–Crippen MR) is 168 cm³/mol. The van der Waals surface area contributed by atoms with Gasteiger partial charge in [0.2, 0.25) is 0 Å². The first-order valence-corrected chi connectivity index (χ1v) is 13.7. The molecule has 41 heavy (non-hydrogen) atoms. The molecule has 0 amide bonds. The third-order valence-corrected chi connectivity index (χ3v) is 8.18. The van der Waals surface area contributed by atoms with Crippen molar-refractivity contribution in [2.45, 2.75) is 6.92 Å². The molecule has 4 heteroatoms. The van der Waals surface area contributed by atoms with Crippen molar-refractivity contribution in [1.82, 2.24) is 14.1 Å². The van der Waals surface area contributed by atoms with Crippen LogP contribution in [0.3, 0.4) is 0 Å². The summed E-state index contributed by atoms with van der Waals surface area (Å²) in [7, 11) is 0. The van der Waals surface area contributed by atoms with E-state index in [0.29, 0.717) is 5.56 Å². The second-order valence-corrected chi connectivity index (χ2v) is 10.5. The van der Waals surface area contributed by atoms with Crippen LogP contribution in [0.4, 0.5) is 0 Å². The molecule has 8 aromatic rings. The van der Waals surface area contributed by atoms with Gasteiger partial charge in [0.1, 0.15) is 0 Å². The normalized spacial score (nSPS) is 11.5. The average Bonchev–Trinajstić information content (AvgIpc) is 3.54. The van der Waals surface area contributed by atoms with E-state index in [1.54, 1.807) is 12.4 Å². The van der Waals surface area contributed by atoms with E-state index in [4.69, 9.17) is 0 Å². The molecule has 3 aromatic heterocycles. The molecule has 0 saturated heterocycles. The van der Waals surface area contributed by atoms with E-state index in [1.165, 1.54) is 32.6 Å². The molecule has 0 aliphatic carbocycles. The molecule has 0 unspecified atom stereocenters. The van der Waals surface area contributed by atoms with Gasteiger partial charge in [-0.25, -0.2) is 0 Å². The van der Waals surface area contributed by atoms with Gasteiger partial charge in [-0.2, -0.15) is 5.26 Å². The number of nitriles is 1. The number of aryl methyl sites for hydroxylation is 1. The minimum absolute atomic E-state index is 0.657. The Balaban J connectivity index is 1.47. The third kappa shape index (κ3) is 3.43. The largest absolute Gasteiger partial charge is 0.309 e. The van der Waals surface area contributed by atoms with Gasteiger partial charge < -0.3 is 9.13 Å². The third-order valence-electron chi connectivity index (χ3n) is 8.18. The highest BCUT2D eigenvalue weighted by molar-refractivity contribution is 6.12. The van der Waals surface area contributed by atoms with Crippen LogP contribution in [0, 0.1) is 18.3 Å². The lowest BCUT2D eigenvalue weighted by atomic mass is 9.97. The maximum Gasteiger partial charge on any atom is 0.0998 e. The van der Waals surface area contributed by atoms with E-state index < -0.39 is 0 Å². The van der Waals surface area contributed by atoms with Gasteiger partial charge in [0.15, 0.2) is 0 Å². The summed E-state index contributed by atoms with van der Waals surface area (Å²) in [5, 5.41) is 14.9. The number of pyridine rings is 1. The van der Waals surface area contributed by atoms with Crippen LogP contribution in [-0.4, -0.2) is 14.1 Å². The quantitative estimate of drug-likeness (QED) is 0.231. The molecule has 0 aliphatic rings. The lowest BCUT2D eigenvalue weighted by molar-refractivity contribution is 1.13. The number of benzene rings is 5. The number of aromatic nitrogens is 3. The number of hydrogen-bond acceptors (Lipinski definition) is 2. The summed E-state index contributed by atoms with van der Waals surface area (Å²) >= 11 is 0. The highest BCUT2D eigenvalue weighted by Gasteiger charge is 2.18. The Morgan fingerprint density at radius 2 is 1.15 bits per heavy atom. The van der Waals surface area contributed by atoms with Gasteiger partial charge in [-0.05, 0) is 72.6 Å². The number of nitrogens with zero attached hydrogens (tertiary/aromatic N) is 4. The van der Waals surface area contributed by atoms with Gasteiger partial charge in [-0.15, -0.1) is 0 Å². The van der Waals surface area contributed by atoms with Gasteiger partial charge in [-0.1, -0.05) is 60.7 Å². The smallest absolute Gasteiger partial charge is 0.0998 e. The molecule has 192 valence electrons. The number of rotatable bonds is 3. The zero-order valence-corrected chi connectivity index (χ0v) is 22.4. The van der Waals surface area contributed by atoms with Crippen LogP contribution in [0.25, 0.3) is 66.1 Å². The zero-order valence-electron chi connectivity index (χ0n) is 22.4. The molecular formula is C37H24N4. The molecule has 8 rings (SSSR count). The highest BCUT2D eigenvalue weighted by atomic mass is 15.0. The highest BCUT2D eigenvalue weighted by Crippen LogP contribution is 2.38. The SMILES string of the molecule is Cc1cc(C#N)c(-c2ccncc2)cc1-n1c2ccccc2c2ccc(-n3c4ccccc4c4ccccc43)cc21. The minimum atomic E-state index is 0.657. The number of hydrogen-bond donors (Lipinski definition) is 0. The van der Waals surface area contributed by atoms with Gasteiger partial charge >= 0.3 is 0 Å². The topological polar surface area (TPSA) is 46.5 Å². The van der Waals surface area contributed by atoms with Crippen LogP contribution >= 0.6 is 0 Å². The summed E-state index contributed by atoms with van der Waals surface area (Å²) in [4.78, 5) is 4.18. The van der Waals surface area contributed by atoms with Crippen LogP contribution < -0.4 is 0 Å². The molecule has 0 spiro atoms. The first-order valence-electron chi connectivity index (χ1n) is 13.7. The lowest BCUT2D eigenvalue weighted by Crippen LogP contribution is -2.00. The van der Waals surface area contributed by atoms with Crippen LogP contribution in [0.2, 0.25) is 0 Å². The van der Waals surface area contributed by atoms with Crippen LogP contribution in [0.15, 0.2) is 128 Å². The Morgan fingerprint density at radius 3 is 1.76 bits per heavy atom. The van der Waals surface area contributed by atoms with E-state index in [-0.39, 0.29) is 0 Å². The monoisotopic (exact) mass is 524 g/mol. The molecule has 0 N–H and O–H groups in total. The summed E-state index contributed by atoms with van der Waals surface area (Å²) in [6, 6.07) is 43.0. The van der Waals surface area contributed by atoms with Crippen LogP contribution in [0.1, 0.15) is 11.1 Å². The van der Waals surface area contributed by atoms with Crippen LogP contribution in [-0.2, 0) is 0 Å². The number of para-hydroxylation sites is 3. The molecule has 0 bridgehead atoms. The Labute approximate surface area is 237 Å². The van der Waals surface area contributed by atoms with Crippen molar-refractivity contribution in [2.24, 2.45) is 0 Å². The van der Waals surface area contributed by atoms with E-state index >= 15 is 0 Å². The second kappa shape index (κ2) is 8.94. The van der Waals surface area contributed by atoms with Crippen molar-refractivity contribution >= 4 is 43.6 Å². The molecule has 0 atom stereocenters. The van der Waals surface area contributed by atoms with Crippen LogP contribution in [0.5, 0.6) is 0 Å². The maximum absolute atomic E-state index is 10.0. The Morgan fingerprint density at radius 1 is 0.585 bits per heavy atom. The zero-order chi connectivity index (χ0) is 27.5. The molecule has 0 fully saturated rings. The Hall–Kier alpha value is -5.66. The Kier molecular flexibility index (Phi) is 5.07. The molecular weight excluding hydrogens is 500 g/mol. The van der Waals surface area contributed by atoms with Crippen molar-refractivity contribution < 1.29 is 0 Å². The second-order valence-electron chi connectivity index (χ2n) is 10.5. The van der Waals surface area contributed by atoms with Gasteiger partial charge in [0, 0.05) is 50.9 Å². The summed E-state index contributed by atoms with van der Waals surface area (Å²) in [6.45, 7) is 2.09. The molecule has 5 aromatic carbocycles. The van der Waals surface area contributed by atoms with E-state index in [9.17, 15) is 5.26 Å². The minimum Gasteiger partial charge on any atom is -0.309 e. The summed E-state index contributed by atoms with van der Waals surface area (Å²) < 4.78 is 4.71. The predicted octanol–water partition coefficient (Wildman–Crippen LogP) is 9.12. The maximum atomic E-state index is 10.0. The molecule has 0 radical (unpaired) electrons. The van der Waals surface area contributed by atoms with Crippen molar-refractivity contribution in [2.75, 3.05) is 0 Å². The summed E-state index contributed by atoms with van der Waals surface area (Å²) in [6.07, 6.45) is 3.54. The van der Waals surface area contributed by atoms with E-state index in [2.05, 4.69) is 124 Å². The van der Waals surface area contributed by atoms with Crippen molar-refractivity contribution in [1.29, 1.82) is 5.26 Å². The average molecular weight is 525 g/mol. The molecule has 3 heterocycles. The fourth-order valence-electron chi connectivity index (χ4n) is 6.36. The van der Waals surface area contributed by atoms with Crippen molar-refractivity contribution in [3.05, 3.63) is 139 Å². The lowest BCUT2D eigenvalue weighted by Gasteiger charge is -2.16. The Bertz CT molecular complexity index is 2280. The standard InChI is InChI=1S/C37H24N4/c1-24-20-26(23-38)32(25-16-18-39-19-17-25)22-36(24)41-35-13-7-4-10-30(35)31-15-14-27(21-37(31)41)40-33-11-5-2-8-28(33)29-9-3-6-12-34(29)40/h2-22H,1H3. The fraction of sp³-hybridized carbons (Fsp3) is 0.0270.